The highest BCUT2D eigenvalue weighted by Crippen LogP contribution is 2.16. The van der Waals surface area contributed by atoms with E-state index in [0.717, 1.165) is 4.90 Å². The van der Waals surface area contributed by atoms with Crippen LogP contribution in [0.3, 0.4) is 0 Å². The minimum atomic E-state index is -1.17. The summed E-state index contributed by atoms with van der Waals surface area (Å²) in [6, 6.07) is -1.15. The van der Waals surface area contributed by atoms with Crippen molar-refractivity contribution < 1.29 is 19.8 Å². The summed E-state index contributed by atoms with van der Waals surface area (Å²) in [6.07, 6.45) is 1.87. The van der Waals surface area contributed by atoms with Crippen molar-refractivity contribution in [2.45, 2.75) is 19.5 Å². The first-order chi connectivity index (χ1) is 8.13. The third-order valence-electron chi connectivity index (χ3n) is 2.23. The second-order valence-electron chi connectivity index (χ2n) is 3.31. The zero-order valence-electron chi connectivity index (χ0n) is 9.35. The van der Waals surface area contributed by atoms with Crippen LogP contribution >= 0.6 is 0 Å². The first kappa shape index (κ1) is 13.1. The molecule has 0 spiro atoms. The Morgan fingerprint density at radius 1 is 1.71 bits per heavy atom. The van der Waals surface area contributed by atoms with Crippen molar-refractivity contribution in [3.05, 3.63) is 11.9 Å². The fourth-order valence-corrected chi connectivity index (χ4v) is 1.41. The fourth-order valence-electron chi connectivity index (χ4n) is 1.41. The molecular weight excluding hydrogens is 228 g/mol. The summed E-state index contributed by atoms with van der Waals surface area (Å²) in [5.74, 6) is -1.17. The van der Waals surface area contributed by atoms with Crippen molar-refractivity contribution in [1.82, 2.24) is 19.9 Å². The standard InChI is InChI=1S/C9H14N4O4/c1-2-12(6-15)8(9(16)17)7-5-13(3-4-14)11-10-7/h5-6,8,14H,2-4H2,1H3,(H,16,17). The number of carbonyl (C=O) groups excluding carboxylic acids is 1. The van der Waals surface area contributed by atoms with Crippen molar-refractivity contribution in [2.24, 2.45) is 0 Å². The summed E-state index contributed by atoms with van der Waals surface area (Å²) in [6.45, 7) is 2.04. The Bertz CT molecular complexity index is 392. The van der Waals surface area contributed by atoms with Crippen LogP contribution < -0.4 is 0 Å². The predicted molar refractivity (Wildman–Crippen MR) is 55.9 cm³/mol. The molecule has 1 atom stereocenters. The lowest BCUT2D eigenvalue weighted by molar-refractivity contribution is -0.146. The molecule has 0 saturated heterocycles. The van der Waals surface area contributed by atoms with E-state index in [2.05, 4.69) is 10.3 Å². The monoisotopic (exact) mass is 242 g/mol. The second kappa shape index (κ2) is 5.94. The molecule has 8 heteroatoms. The van der Waals surface area contributed by atoms with Gasteiger partial charge in [-0.2, -0.15) is 0 Å². The number of likely N-dealkylation sites (N-methyl/N-ethyl adjacent to an activating group) is 1. The Labute approximate surface area is 97.5 Å². The van der Waals surface area contributed by atoms with Gasteiger partial charge in [0.1, 0.15) is 5.69 Å². The van der Waals surface area contributed by atoms with E-state index in [1.54, 1.807) is 6.92 Å². The molecule has 0 aromatic carbocycles. The van der Waals surface area contributed by atoms with Gasteiger partial charge in [-0.1, -0.05) is 5.21 Å². The molecule has 8 nitrogen and oxygen atoms in total. The molecule has 0 saturated carbocycles. The van der Waals surface area contributed by atoms with Crippen LogP contribution in [0.1, 0.15) is 18.7 Å². The number of aliphatic carboxylic acids is 1. The van der Waals surface area contributed by atoms with E-state index in [4.69, 9.17) is 10.2 Å². The molecule has 0 fully saturated rings. The topological polar surface area (TPSA) is 109 Å². The minimum Gasteiger partial charge on any atom is -0.479 e. The van der Waals surface area contributed by atoms with E-state index < -0.39 is 12.0 Å². The number of hydrogen-bond donors (Lipinski definition) is 2. The number of nitrogens with zero attached hydrogens (tertiary/aromatic N) is 4. The Morgan fingerprint density at radius 2 is 2.41 bits per heavy atom. The molecule has 0 aliphatic heterocycles. The van der Waals surface area contributed by atoms with Gasteiger partial charge in [-0.15, -0.1) is 5.10 Å². The zero-order chi connectivity index (χ0) is 12.8. The lowest BCUT2D eigenvalue weighted by Gasteiger charge is -2.21. The maximum Gasteiger partial charge on any atom is 0.332 e. The quantitative estimate of drug-likeness (QED) is 0.586. The van der Waals surface area contributed by atoms with Gasteiger partial charge in [0.25, 0.3) is 0 Å². The van der Waals surface area contributed by atoms with Gasteiger partial charge in [-0.05, 0) is 6.92 Å². The number of carboxylic acids is 1. The van der Waals surface area contributed by atoms with Crippen LogP contribution in [0.4, 0.5) is 0 Å². The summed E-state index contributed by atoms with van der Waals surface area (Å²) in [7, 11) is 0. The lowest BCUT2D eigenvalue weighted by Crippen LogP contribution is -2.33. The first-order valence-corrected chi connectivity index (χ1v) is 5.08. The van der Waals surface area contributed by atoms with Crippen molar-refractivity contribution in [2.75, 3.05) is 13.2 Å². The highest BCUT2D eigenvalue weighted by Gasteiger charge is 2.28. The molecule has 1 amide bonds. The summed E-state index contributed by atoms with van der Waals surface area (Å²) in [5.41, 5.74) is 0.167. The molecule has 1 aromatic rings. The van der Waals surface area contributed by atoms with E-state index in [0.29, 0.717) is 6.41 Å². The molecule has 0 bridgehead atoms. The molecule has 17 heavy (non-hydrogen) atoms. The largest absolute Gasteiger partial charge is 0.479 e. The first-order valence-electron chi connectivity index (χ1n) is 5.08. The average molecular weight is 242 g/mol. The van der Waals surface area contributed by atoms with Crippen LogP contribution in [0.15, 0.2) is 6.20 Å². The number of carboxylic acid groups (broad SMARTS) is 1. The third-order valence-corrected chi connectivity index (χ3v) is 2.23. The van der Waals surface area contributed by atoms with Crippen molar-refractivity contribution in [3.63, 3.8) is 0 Å². The van der Waals surface area contributed by atoms with Crippen molar-refractivity contribution >= 4 is 12.4 Å². The van der Waals surface area contributed by atoms with Crippen molar-refractivity contribution in [3.8, 4) is 0 Å². The van der Waals surface area contributed by atoms with E-state index in [9.17, 15) is 9.59 Å². The van der Waals surface area contributed by atoms with Gasteiger partial charge < -0.3 is 15.1 Å². The van der Waals surface area contributed by atoms with Gasteiger partial charge >= 0.3 is 5.97 Å². The van der Waals surface area contributed by atoms with E-state index in [-0.39, 0.29) is 25.4 Å². The Kier molecular flexibility index (Phi) is 4.58. The molecule has 0 aliphatic carbocycles. The normalized spacial score (nSPS) is 12.1. The molecule has 0 radical (unpaired) electrons. The molecule has 1 aromatic heterocycles. The third kappa shape index (κ3) is 3.00. The molecule has 1 rings (SSSR count). The SMILES string of the molecule is CCN(C=O)C(C(=O)O)c1cn(CCO)nn1. The smallest absolute Gasteiger partial charge is 0.332 e. The molecule has 1 unspecified atom stereocenters. The summed E-state index contributed by atoms with van der Waals surface area (Å²) < 4.78 is 1.32. The van der Waals surface area contributed by atoms with E-state index in [1.165, 1.54) is 10.9 Å². The zero-order valence-corrected chi connectivity index (χ0v) is 9.35. The van der Waals surface area contributed by atoms with Crippen LogP contribution in [-0.2, 0) is 16.1 Å². The Morgan fingerprint density at radius 3 is 2.88 bits per heavy atom. The van der Waals surface area contributed by atoms with E-state index >= 15 is 0 Å². The van der Waals surface area contributed by atoms with Gasteiger partial charge in [0.2, 0.25) is 6.41 Å². The highest BCUT2D eigenvalue weighted by atomic mass is 16.4. The molecule has 0 aliphatic rings. The molecule has 2 N–H and O–H groups in total. The molecule has 1 heterocycles. The van der Waals surface area contributed by atoms with Crippen LogP contribution in [-0.4, -0.2) is 55.6 Å². The number of carbonyl (C=O) groups is 2. The van der Waals surface area contributed by atoms with Gasteiger partial charge in [0.15, 0.2) is 6.04 Å². The maximum absolute atomic E-state index is 11.1. The minimum absolute atomic E-state index is 0.119. The van der Waals surface area contributed by atoms with Crippen LogP contribution in [0, 0.1) is 0 Å². The number of hydrogen-bond acceptors (Lipinski definition) is 5. The van der Waals surface area contributed by atoms with Crippen LogP contribution in [0.2, 0.25) is 0 Å². The highest BCUT2D eigenvalue weighted by molar-refractivity contribution is 5.77. The predicted octanol–water partition coefficient (Wildman–Crippen LogP) is -1.13. The van der Waals surface area contributed by atoms with Crippen LogP contribution in [0.5, 0.6) is 0 Å². The summed E-state index contributed by atoms with van der Waals surface area (Å²) >= 11 is 0. The second-order valence-corrected chi connectivity index (χ2v) is 3.31. The summed E-state index contributed by atoms with van der Waals surface area (Å²) in [4.78, 5) is 23.0. The van der Waals surface area contributed by atoms with Gasteiger partial charge in [-0.3, -0.25) is 4.79 Å². The lowest BCUT2D eigenvalue weighted by atomic mass is 10.2. The molecular formula is C9H14N4O4. The average Bonchev–Trinajstić information content (AvgIpc) is 2.73. The number of amides is 1. The van der Waals surface area contributed by atoms with E-state index in [1.807, 2.05) is 0 Å². The number of aliphatic hydroxyl groups excluding tert-OH is 1. The fraction of sp³-hybridized carbons (Fsp3) is 0.556. The summed E-state index contributed by atoms with van der Waals surface area (Å²) in [5, 5.41) is 25.1. The van der Waals surface area contributed by atoms with Gasteiger partial charge in [-0.25, -0.2) is 9.48 Å². The van der Waals surface area contributed by atoms with Gasteiger partial charge in [0, 0.05) is 6.54 Å². The Balaban J connectivity index is 2.96. The van der Waals surface area contributed by atoms with Crippen LogP contribution in [0.25, 0.3) is 0 Å². The maximum atomic E-state index is 11.1. The van der Waals surface area contributed by atoms with Crippen molar-refractivity contribution in [1.29, 1.82) is 0 Å². The number of aromatic nitrogens is 3. The Hall–Kier alpha value is -1.96. The van der Waals surface area contributed by atoms with Gasteiger partial charge in [0.05, 0.1) is 19.3 Å². The number of aliphatic hydroxyl groups is 1. The molecule has 94 valence electrons. The number of rotatable bonds is 7.